The number of hydrogen-bond donors (Lipinski definition) is 1. The highest BCUT2D eigenvalue weighted by Crippen LogP contribution is 2.38. The van der Waals surface area contributed by atoms with Crippen LogP contribution in [0.5, 0.6) is 0 Å². The molecule has 186 valence electrons. The first kappa shape index (κ1) is 26.0. The Morgan fingerprint density at radius 2 is 1.62 bits per heavy atom. The molecule has 3 nitrogen and oxygen atoms in total. The van der Waals surface area contributed by atoms with Gasteiger partial charge in [0.2, 0.25) is 5.91 Å². The third-order valence-corrected chi connectivity index (χ3v) is 6.40. The molecule has 34 heavy (non-hydrogen) atoms. The van der Waals surface area contributed by atoms with Gasteiger partial charge in [0, 0.05) is 25.6 Å². The van der Waals surface area contributed by atoms with Gasteiger partial charge in [-0.2, -0.15) is 26.3 Å². The van der Waals surface area contributed by atoms with Gasteiger partial charge in [-0.15, -0.1) is 0 Å². The Hall–Kier alpha value is -2.62. The summed E-state index contributed by atoms with van der Waals surface area (Å²) in [4.78, 5) is 14.7. The first-order valence-corrected chi connectivity index (χ1v) is 10.7. The first-order valence-electron chi connectivity index (χ1n) is 10.7. The molecule has 1 aliphatic rings. The number of benzene rings is 2. The van der Waals surface area contributed by atoms with E-state index < -0.39 is 41.1 Å². The Morgan fingerprint density at radius 3 is 2.15 bits per heavy atom. The van der Waals surface area contributed by atoms with Crippen LogP contribution in [-0.2, 0) is 17.1 Å². The van der Waals surface area contributed by atoms with Gasteiger partial charge in [0.1, 0.15) is 5.82 Å². The van der Waals surface area contributed by atoms with Gasteiger partial charge in [-0.25, -0.2) is 4.39 Å². The minimum Gasteiger partial charge on any atom is -0.342 e. The number of nitrogens with zero attached hydrogens (tertiary/aromatic N) is 1. The lowest BCUT2D eigenvalue weighted by molar-refractivity contribution is -0.143. The van der Waals surface area contributed by atoms with E-state index in [1.807, 2.05) is 0 Å². The van der Waals surface area contributed by atoms with Crippen molar-refractivity contribution in [1.82, 2.24) is 10.2 Å². The molecule has 1 saturated heterocycles. The van der Waals surface area contributed by atoms with Crippen molar-refractivity contribution in [3.05, 3.63) is 70.0 Å². The van der Waals surface area contributed by atoms with Crippen LogP contribution in [0.3, 0.4) is 0 Å². The lowest BCUT2D eigenvalue weighted by Gasteiger charge is -2.40. The number of carbonyl (C=O) groups is 1. The lowest BCUT2D eigenvalue weighted by atomic mass is 9.83. The topological polar surface area (TPSA) is 32.3 Å². The summed E-state index contributed by atoms with van der Waals surface area (Å²) in [5, 5.41) is 3.23. The van der Waals surface area contributed by atoms with Gasteiger partial charge in [0.15, 0.2) is 0 Å². The smallest absolute Gasteiger partial charge is 0.342 e. The summed E-state index contributed by atoms with van der Waals surface area (Å²) in [6, 6.07) is 5.20. The highest BCUT2D eigenvalue weighted by molar-refractivity contribution is 5.83. The summed E-state index contributed by atoms with van der Waals surface area (Å²) >= 11 is 0. The normalized spacial score (nSPS) is 20.2. The van der Waals surface area contributed by atoms with E-state index >= 15 is 0 Å². The Balaban J connectivity index is 1.94. The third kappa shape index (κ3) is 5.54. The molecule has 10 heteroatoms. The van der Waals surface area contributed by atoms with Crippen molar-refractivity contribution in [2.24, 2.45) is 0 Å². The third-order valence-electron chi connectivity index (χ3n) is 6.40. The molecule has 1 N–H and O–H groups in total. The molecule has 2 aromatic rings. The summed E-state index contributed by atoms with van der Waals surface area (Å²) in [6.45, 7) is 4.11. The molecule has 2 aromatic carbocycles. The highest BCUT2D eigenvalue weighted by atomic mass is 19.4. The fourth-order valence-electron chi connectivity index (χ4n) is 4.52. The van der Waals surface area contributed by atoms with E-state index in [0.717, 1.165) is 5.56 Å². The van der Waals surface area contributed by atoms with Crippen molar-refractivity contribution in [2.75, 3.05) is 20.1 Å². The van der Waals surface area contributed by atoms with Gasteiger partial charge in [-0.05, 0) is 73.8 Å². The molecule has 1 aliphatic heterocycles. The average molecular weight is 490 g/mol. The Labute approximate surface area is 192 Å². The van der Waals surface area contributed by atoms with Crippen LogP contribution in [0.4, 0.5) is 30.7 Å². The van der Waals surface area contributed by atoms with Gasteiger partial charge in [0.25, 0.3) is 0 Å². The predicted molar refractivity (Wildman–Crippen MR) is 113 cm³/mol. The zero-order chi connectivity index (χ0) is 25.4. The lowest BCUT2D eigenvalue weighted by Crippen LogP contribution is -2.50. The molecule has 1 amide bonds. The van der Waals surface area contributed by atoms with Crippen molar-refractivity contribution in [2.45, 2.75) is 50.5 Å². The van der Waals surface area contributed by atoms with Crippen molar-refractivity contribution in [3.8, 4) is 0 Å². The Kier molecular flexibility index (Phi) is 7.31. The monoisotopic (exact) mass is 490 g/mol. The van der Waals surface area contributed by atoms with Crippen LogP contribution in [-0.4, -0.2) is 37.0 Å². The number of likely N-dealkylation sites (N-methyl/N-ethyl adjacent to an activating group) is 1. The molecule has 0 bridgehead atoms. The molecule has 1 heterocycles. The van der Waals surface area contributed by atoms with Gasteiger partial charge in [-0.1, -0.05) is 6.07 Å². The van der Waals surface area contributed by atoms with Gasteiger partial charge < -0.3 is 10.2 Å². The fourth-order valence-corrected chi connectivity index (χ4v) is 4.52. The minimum atomic E-state index is -5.00. The van der Waals surface area contributed by atoms with E-state index in [-0.39, 0.29) is 23.6 Å². The first-order chi connectivity index (χ1) is 15.7. The zero-order valence-electron chi connectivity index (χ0n) is 18.8. The Bertz CT molecular complexity index is 1020. The predicted octanol–water partition coefficient (Wildman–Crippen LogP) is 5.88. The standard InChI is InChI=1S/C24H25F7N2O/c1-13-8-18(25)4-5-19(13)20-12-32-7-6-21(20)33(3)22(34)14(2)15-9-16(23(26,27)28)11-17(10-15)24(29,30)31/h4-5,8-11,14,20-21,32H,6-7,12H2,1-3H3/t14-,20+,21-/m1/s1. The molecule has 0 saturated carbocycles. The molecular formula is C24H25F7N2O. The number of nitrogens with one attached hydrogen (secondary N) is 1. The van der Waals surface area contributed by atoms with E-state index in [4.69, 9.17) is 0 Å². The number of hydrogen-bond acceptors (Lipinski definition) is 2. The van der Waals surface area contributed by atoms with Crippen LogP contribution in [0, 0.1) is 12.7 Å². The largest absolute Gasteiger partial charge is 0.416 e. The quantitative estimate of drug-likeness (QED) is 0.543. The maximum atomic E-state index is 13.6. The average Bonchev–Trinajstić information content (AvgIpc) is 2.76. The van der Waals surface area contributed by atoms with Gasteiger partial charge >= 0.3 is 12.4 Å². The molecule has 3 atom stereocenters. The van der Waals surface area contributed by atoms with Crippen molar-refractivity contribution < 1.29 is 35.5 Å². The zero-order valence-corrected chi connectivity index (χ0v) is 18.8. The number of rotatable bonds is 4. The maximum Gasteiger partial charge on any atom is 0.416 e. The number of halogens is 7. The molecule has 0 aliphatic carbocycles. The number of alkyl halides is 6. The summed E-state index contributed by atoms with van der Waals surface area (Å²) < 4.78 is 93.1. The van der Waals surface area contributed by atoms with Crippen molar-refractivity contribution in [3.63, 3.8) is 0 Å². The second-order valence-corrected chi connectivity index (χ2v) is 8.68. The van der Waals surface area contributed by atoms with E-state index in [1.54, 1.807) is 13.0 Å². The molecule has 0 radical (unpaired) electrons. The molecule has 0 aromatic heterocycles. The molecule has 3 rings (SSSR count). The highest BCUT2D eigenvalue weighted by Gasteiger charge is 2.39. The van der Waals surface area contributed by atoms with Crippen molar-refractivity contribution in [1.29, 1.82) is 0 Å². The van der Waals surface area contributed by atoms with Crippen LogP contribution >= 0.6 is 0 Å². The Morgan fingerprint density at radius 1 is 1.03 bits per heavy atom. The van der Waals surface area contributed by atoms with Gasteiger partial charge in [0.05, 0.1) is 17.0 Å². The van der Waals surface area contributed by atoms with E-state index in [2.05, 4.69) is 5.32 Å². The molecule has 1 fully saturated rings. The number of aryl methyl sites for hydroxylation is 1. The number of piperidine rings is 1. The van der Waals surface area contributed by atoms with Crippen LogP contribution in [0.15, 0.2) is 36.4 Å². The van der Waals surface area contributed by atoms with Crippen LogP contribution in [0.2, 0.25) is 0 Å². The fraction of sp³-hybridized carbons (Fsp3) is 0.458. The minimum absolute atomic E-state index is 0.0462. The van der Waals surface area contributed by atoms with Gasteiger partial charge in [-0.3, -0.25) is 4.79 Å². The van der Waals surface area contributed by atoms with Crippen molar-refractivity contribution >= 4 is 5.91 Å². The van der Waals surface area contributed by atoms with E-state index in [9.17, 15) is 35.5 Å². The van der Waals surface area contributed by atoms with Crippen LogP contribution < -0.4 is 5.32 Å². The SMILES string of the molecule is Cc1cc(F)ccc1[C@@H]1CNCC[C@H]1N(C)C(=O)[C@H](C)c1cc(C(F)(F)F)cc(C(F)(F)F)c1. The summed E-state index contributed by atoms with van der Waals surface area (Å²) in [7, 11) is 1.50. The second kappa shape index (κ2) is 9.56. The molecular weight excluding hydrogens is 465 g/mol. The van der Waals surface area contributed by atoms with E-state index in [1.165, 1.54) is 31.0 Å². The summed E-state index contributed by atoms with van der Waals surface area (Å²) in [6.07, 6.45) is -9.47. The number of carbonyl (C=O) groups excluding carboxylic acids is 1. The van der Waals surface area contributed by atoms with Crippen LogP contribution in [0.1, 0.15) is 53.0 Å². The second-order valence-electron chi connectivity index (χ2n) is 8.68. The number of amides is 1. The molecule has 0 spiro atoms. The molecule has 0 unspecified atom stereocenters. The summed E-state index contributed by atoms with van der Waals surface area (Å²) in [5.74, 6) is -2.45. The van der Waals surface area contributed by atoms with Crippen LogP contribution in [0.25, 0.3) is 0 Å². The maximum absolute atomic E-state index is 13.6. The summed E-state index contributed by atoms with van der Waals surface area (Å²) in [5.41, 5.74) is -1.75. The van der Waals surface area contributed by atoms with E-state index in [0.29, 0.717) is 37.2 Å².